The fourth-order valence-corrected chi connectivity index (χ4v) is 8.06. The van der Waals surface area contributed by atoms with E-state index in [1.54, 1.807) is 0 Å². The molecule has 0 aliphatic rings. The summed E-state index contributed by atoms with van der Waals surface area (Å²) in [6.45, 7) is 9.30. The highest BCUT2D eigenvalue weighted by molar-refractivity contribution is 5.76. The van der Waals surface area contributed by atoms with Crippen LogP contribution in [0.15, 0.2) is 0 Å². The summed E-state index contributed by atoms with van der Waals surface area (Å²) < 4.78 is 5.84. The van der Waals surface area contributed by atoms with Crippen molar-refractivity contribution in [2.75, 3.05) is 33.8 Å². The molecular formula is C49H96N2O4. The number of rotatable bonds is 44. The predicted octanol–water partition coefficient (Wildman–Crippen LogP) is 14.2. The third-order valence-electron chi connectivity index (χ3n) is 11.7. The fourth-order valence-electron chi connectivity index (χ4n) is 8.06. The van der Waals surface area contributed by atoms with Crippen molar-refractivity contribution < 1.29 is 19.1 Å². The summed E-state index contributed by atoms with van der Waals surface area (Å²) in [5, 5.41) is 0. The molecule has 1 amide bonds. The number of esters is 1. The molecule has 2 atom stereocenters. The molecule has 0 heterocycles. The third kappa shape index (κ3) is 36.6. The van der Waals surface area contributed by atoms with Crippen molar-refractivity contribution in [1.82, 2.24) is 9.80 Å². The average molecular weight is 777 g/mol. The lowest BCUT2D eigenvalue weighted by Crippen LogP contribution is -2.41. The smallest absolute Gasteiger partial charge is 0.305 e. The zero-order valence-electron chi connectivity index (χ0n) is 37.8. The Labute approximate surface area is 343 Å². The maximum atomic E-state index is 13.7. The topological polar surface area (TPSA) is 66.9 Å². The quantitative estimate of drug-likeness (QED) is 0.0350. The molecule has 0 rings (SSSR count). The lowest BCUT2D eigenvalue weighted by Gasteiger charge is -2.33. The lowest BCUT2D eigenvalue weighted by atomic mass is 9.95. The summed E-state index contributed by atoms with van der Waals surface area (Å²) >= 11 is 0. The number of hydrogen-bond donors (Lipinski definition) is 0. The molecule has 0 bridgehead atoms. The highest BCUT2D eigenvalue weighted by Crippen LogP contribution is 2.23. The normalized spacial score (nSPS) is 12.6. The molecular weight excluding hydrogens is 681 g/mol. The first-order valence-corrected chi connectivity index (χ1v) is 24.4. The van der Waals surface area contributed by atoms with Crippen LogP contribution in [0.25, 0.3) is 0 Å². The van der Waals surface area contributed by atoms with Gasteiger partial charge in [-0.1, -0.05) is 181 Å². The van der Waals surface area contributed by atoms with E-state index < -0.39 is 0 Å². The van der Waals surface area contributed by atoms with Crippen LogP contribution in [0.4, 0.5) is 0 Å². The Hall–Kier alpha value is -1.43. The van der Waals surface area contributed by atoms with E-state index in [2.05, 4.69) is 44.7 Å². The van der Waals surface area contributed by atoms with Gasteiger partial charge in [-0.25, -0.2) is 0 Å². The van der Waals surface area contributed by atoms with Gasteiger partial charge in [-0.15, -0.1) is 0 Å². The second kappa shape index (κ2) is 42.2. The van der Waals surface area contributed by atoms with Crippen LogP contribution in [-0.4, -0.2) is 67.8 Å². The molecule has 55 heavy (non-hydrogen) atoms. The van der Waals surface area contributed by atoms with Crippen LogP contribution in [0, 0.1) is 5.92 Å². The van der Waals surface area contributed by atoms with Gasteiger partial charge < -0.3 is 19.3 Å². The van der Waals surface area contributed by atoms with Crippen molar-refractivity contribution >= 4 is 18.2 Å². The first-order valence-electron chi connectivity index (χ1n) is 24.4. The van der Waals surface area contributed by atoms with E-state index in [1.165, 1.54) is 161 Å². The van der Waals surface area contributed by atoms with Gasteiger partial charge in [0, 0.05) is 31.8 Å². The monoisotopic (exact) mass is 777 g/mol. The zero-order chi connectivity index (χ0) is 40.5. The number of nitrogens with zero attached hydrogens (tertiary/aromatic N) is 2. The summed E-state index contributed by atoms with van der Waals surface area (Å²) in [4.78, 5) is 41.6. The highest BCUT2D eigenvalue weighted by Gasteiger charge is 2.23. The van der Waals surface area contributed by atoms with Gasteiger partial charge in [-0.05, 0) is 77.9 Å². The number of aldehydes is 1. The molecule has 0 aliphatic carbocycles. The van der Waals surface area contributed by atoms with Gasteiger partial charge in [-0.3, -0.25) is 9.59 Å². The maximum absolute atomic E-state index is 13.7. The SMILES string of the molecule is CCCCCCCCC(=O)N(CCCN(C)C)C(CCCCCCCCC=O)CCCCCCCCC(=O)OCC(CCCCCC)CCCCCCCC. The van der Waals surface area contributed by atoms with Crippen molar-refractivity contribution in [1.29, 1.82) is 0 Å². The van der Waals surface area contributed by atoms with Gasteiger partial charge in [0.2, 0.25) is 5.91 Å². The van der Waals surface area contributed by atoms with Crippen LogP contribution in [0.2, 0.25) is 0 Å². The van der Waals surface area contributed by atoms with Crippen LogP contribution in [0.5, 0.6) is 0 Å². The molecule has 0 aromatic heterocycles. The van der Waals surface area contributed by atoms with Crippen molar-refractivity contribution in [3.8, 4) is 0 Å². The Morgan fingerprint density at radius 2 is 0.909 bits per heavy atom. The first-order chi connectivity index (χ1) is 26.9. The first kappa shape index (κ1) is 53.6. The standard InChI is InChI=1S/C49H96N2O4/c1-6-9-12-15-22-29-37-46(36-28-14-11-8-3)45-55-49(54)41-33-26-20-19-24-31-39-47(38-30-23-18-17-21-27-34-44-52)51(43-35-42-50(4)5)48(53)40-32-25-16-13-10-7-2/h44,46-47H,6-43,45H2,1-5H3. The van der Waals surface area contributed by atoms with Gasteiger partial charge in [0.25, 0.3) is 0 Å². The van der Waals surface area contributed by atoms with Crippen LogP contribution in [-0.2, 0) is 19.1 Å². The van der Waals surface area contributed by atoms with Crippen molar-refractivity contribution in [3.05, 3.63) is 0 Å². The summed E-state index contributed by atoms with van der Waals surface area (Å²) in [6, 6.07) is 0.344. The molecule has 6 nitrogen and oxygen atoms in total. The minimum Gasteiger partial charge on any atom is -0.465 e. The van der Waals surface area contributed by atoms with E-state index >= 15 is 0 Å². The number of hydrogen-bond acceptors (Lipinski definition) is 5. The molecule has 0 fully saturated rings. The second-order valence-electron chi connectivity index (χ2n) is 17.4. The molecule has 6 heteroatoms. The molecule has 0 radical (unpaired) electrons. The predicted molar refractivity (Wildman–Crippen MR) is 238 cm³/mol. The molecule has 0 saturated carbocycles. The minimum absolute atomic E-state index is 0.00490. The van der Waals surface area contributed by atoms with Gasteiger partial charge in [0.15, 0.2) is 0 Å². The zero-order valence-corrected chi connectivity index (χ0v) is 37.8. The molecule has 326 valence electrons. The van der Waals surface area contributed by atoms with Crippen LogP contribution in [0.1, 0.15) is 252 Å². The highest BCUT2D eigenvalue weighted by atomic mass is 16.5. The number of unbranched alkanes of at least 4 members (excludes halogenated alkanes) is 24. The van der Waals surface area contributed by atoms with Gasteiger partial charge >= 0.3 is 5.97 Å². The van der Waals surface area contributed by atoms with Crippen LogP contribution >= 0.6 is 0 Å². The van der Waals surface area contributed by atoms with Crippen LogP contribution < -0.4 is 0 Å². The molecule has 0 aromatic rings. The van der Waals surface area contributed by atoms with Crippen molar-refractivity contribution in [2.24, 2.45) is 5.92 Å². The Balaban J connectivity index is 4.81. The van der Waals surface area contributed by atoms with E-state index in [-0.39, 0.29) is 5.97 Å². The number of carbonyl (C=O) groups excluding carboxylic acids is 3. The number of ether oxygens (including phenoxy) is 1. The van der Waals surface area contributed by atoms with Gasteiger partial charge in [-0.2, -0.15) is 0 Å². The van der Waals surface area contributed by atoms with E-state index in [9.17, 15) is 14.4 Å². The Bertz CT molecular complexity index is 834. The second-order valence-corrected chi connectivity index (χ2v) is 17.4. The van der Waals surface area contributed by atoms with E-state index in [4.69, 9.17) is 4.74 Å². The summed E-state index contributed by atoms with van der Waals surface area (Å²) in [6.07, 6.45) is 42.8. The molecule has 0 spiro atoms. The minimum atomic E-state index is 0.00490. The maximum Gasteiger partial charge on any atom is 0.305 e. The summed E-state index contributed by atoms with van der Waals surface area (Å²) in [5.41, 5.74) is 0. The van der Waals surface area contributed by atoms with Gasteiger partial charge in [0.1, 0.15) is 6.29 Å². The Morgan fingerprint density at radius 1 is 0.491 bits per heavy atom. The van der Waals surface area contributed by atoms with E-state index in [1.807, 2.05) is 0 Å². The molecule has 0 aliphatic heterocycles. The molecule has 2 unspecified atom stereocenters. The summed E-state index contributed by atoms with van der Waals surface area (Å²) in [5.74, 6) is 0.917. The summed E-state index contributed by atoms with van der Waals surface area (Å²) in [7, 11) is 4.25. The van der Waals surface area contributed by atoms with E-state index in [0.29, 0.717) is 43.7 Å². The van der Waals surface area contributed by atoms with Crippen molar-refractivity contribution in [3.63, 3.8) is 0 Å². The molecule has 0 N–H and O–H groups in total. The average Bonchev–Trinajstić information content (AvgIpc) is 3.17. The number of amides is 1. The van der Waals surface area contributed by atoms with E-state index in [0.717, 1.165) is 70.7 Å². The Kier molecular flexibility index (Phi) is 41.1. The lowest BCUT2D eigenvalue weighted by molar-refractivity contribution is -0.145. The molecule has 0 aromatic carbocycles. The van der Waals surface area contributed by atoms with Crippen molar-refractivity contribution in [2.45, 2.75) is 258 Å². The largest absolute Gasteiger partial charge is 0.465 e. The molecule has 0 saturated heterocycles. The number of carbonyl (C=O) groups is 3. The third-order valence-corrected chi connectivity index (χ3v) is 11.7. The van der Waals surface area contributed by atoms with Gasteiger partial charge in [0.05, 0.1) is 6.61 Å². The Morgan fingerprint density at radius 3 is 1.40 bits per heavy atom. The fraction of sp³-hybridized carbons (Fsp3) is 0.939. The van der Waals surface area contributed by atoms with Crippen LogP contribution in [0.3, 0.4) is 0 Å².